The molecular weight excluding hydrogens is 398 g/mol. The van der Waals surface area contributed by atoms with E-state index >= 15 is 0 Å². The van der Waals surface area contributed by atoms with E-state index in [1.807, 2.05) is 0 Å². The molecular formula is C19H20ClF4N3O. The Morgan fingerprint density at radius 2 is 1.79 bits per heavy atom. The summed E-state index contributed by atoms with van der Waals surface area (Å²) in [6, 6.07) is 6.89. The molecule has 9 heteroatoms. The summed E-state index contributed by atoms with van der Waals surface area (Å²) < 4.78 is 56.7. The average molecular weight is 418 g/mol. The lowest BCUT2D eigenvalue weighted by Crippen LogP contribution is -2.05. The lowest BCUT2D eigenvalue weighted by atomic mass is 10.1. The van der Waals surface area contributed by atoms with Gasteiger partial charge in [-0.05, 0) is 61.5 Å². The molecule has 2 rings (SSSR count). The van der Waals surface area contributed by atoms with Crippen LogP contribution in [0.5, 0.6) is 5.75 Å². The fourth-order valence-electron chi connectivity index (χ4n) is 1.97. The molecule has 2 aromatic rings. The third kappa shape index (κ3) is 7.48. The second-order valence-corrected chi connectivity index (χ2v) is 6.25. The summed E-state index contributed by atoms with van der Waals surface area (Å²) in [5, 5.41) is 3.31. The lowest BCUT2D eigenvalue weighted by molar-refractivity contribution is -0.137. The summed E-state index contributed by atoms with van der Waals surface area (Å²) in [4.78, 5) is 0. The van der Waals surface area contributed by atoms with Crippen molar-refractivity contribution in [1.82, 2.24) is 0 Å². The molecule has 0 aliphatic carbocycles. The van der Waals surface area contributed by atoms with Crippen LogP contribution in [0.3, 0.4) is 0 Å². The Labute approximate surface area is 165 Å². The van der Waals surface area contributed by atoms with E-state index in [-0.39, 0.29) is 17.4 Å². The molecule has 0 saturated heterocycles. The third-order valence-electron chi connectivity index (χ3n) is 3.22. The van der Waals surface area contributed by atoms with Gasteiger partial charge in [0.1, 0.15) is 18.2 Å². The Morgan fingerprint density at radius 1 is 1.18 bits per heavy atom. The molecule has 0 spiro atoms. The highest BCUT2D eigenvalue weighted by Gasteiger charge is 2.31. The van der Waals surface area contributed by atoms with Crippen LogP contribution in [-0.2, 0) is 12.8 Å². The van der Waals surface area contributed by atoms with Crippen LogP contribution in [0.1, 0.15) is 30.5 Å². The number of allylic oxidation sites excluding steroid dienone is 1. The van der Waals surface area contributed by atoms with Gasteiger partial charge in [-0.3, -0.25) is 0 Å². The van der Waals surface area contributed by atoms with Crippen molar-refractivity contribution in [2.75, 3.05) is 0 Å². The van der Waals surface area contributed by atoms with E-state index < -0.39 is 17.6 Å². The molecule has 0 radical (unpaired) electrons. The molecule has 2 aromatic carbocycles. The number of hydrogen-bond acceptors (Lipinski definition) is 4. The Balaban J connectivity index is 0.000000892. The minimum atomic E-state index is -4.49. The van der Waals surface area contributed by atoms with Crippen molar-refractivity contribution in [3.8, 4) is 5.75 Å². The van der Waals surface area contributed by atoms with Gasteiger partial charge in [0.2, 0.25) is 0 Å². The van der Waals surface area contributed by atoms with Crippen LogP contribution < -0.4 is 16.3 Å². The number of alkyl halides is 3. The van der Waals surface area contributed by atoms with E-state index in [0.717, 1.165) is 18.2 Å². The molecule has 152 valence electrons. The molecule has 0 aliphatic heterocycles. The van der Waals surface area contributed by atoms with Crippen LogP contribution in [0.15, 0.2) is 53.8 Å². The van der Waals surface area contributed by atoms with Gasteiger partial charge in [0.15, 0.2) is 0 Å². The number of rotatable bonds is 4. The average Bonchev–Trinajstić information content (AvgIpc) is 2.58. The van der Waals surface area contributed by atoms with E-state index in [1.54, 1.807) is 19.9 Å². The molecule has 28 heavy (non-hydrogen) atoms. The van der Waals surface area contributed by atoms with Crippen molar-refractivity contribution in [3.63, 3.8) is 0 Å². The molecule has 4 N–H and O–H groups in total. The second kappa shape index (κ2) is 9.98. The van der Waals surface area contributed by atoms with Gasteiger partial charge < -0.3 is 16.3 Å². The molecule has 0 atom stereocenters. The van der Waals surface area contributed by atoms with Crippen LogP contribution in [0.2, 0.25) is 5.02 Å². The number of nitrogens with two attached hydrogens (primary N) is 2. The van der Waals surface area contributed by atoms with Gasteiger partial charge in [-0.2, -0.15) is 18.3 Å². The predicted molar refractivity (Wildman–Crippen MR) is 103 cm³/mol. The van der Waals surface area contributed by atoms with Gasteiger partial charge in [-0.15, -0.1) is 0 Å². The standard InChI is InChI=1S/C16H13ClF4N2O.C3H7N/c1-9(23-22)11-4-10(5-13(18)6-11)8-24-15-3-2-12(7-14(15)17)16(19,20)21;1-3(2)4/h2-7H,8,22H2,1H3;1,4H2,2H3/b23-9+;. The molecule has 0 fully saturated rings. The summed E-state index contributed by atoms with van der Waals surface area (Å²) in [7, 11) is 0. The summed E-state index contributed by atoms with van der Waals surface area (Å²) in [6.07, 6.45) is -4.49. The number of ether oxygens (including phenoxy) is 1. The Bertz CT molecular complexity index is 863. The lowest BCUT2D eigenvalue weighted by Gasteiger charge is -2.12. The molecule has 0 aliphatic rings. The SMILES string of the molecule is C/C(=N\N)c1cc(F)cc(COc2ccc(C(F)(F)F)cc2Cl)c1.C=C(C)N. The fraction of sp³-hybridized carbons (Fsp3) is 0.211. The molecule has 0 amide bonds. The highest BCUT2D eigenvalue weighted by atomic mass is 35.5. The van der Waals surface area contributed by atoms with Crippen molar-refractivity contribution in [3.05, 3.63) is 76.2 Å². The fourth-order valence-corrected chi connectivity index (χ4v) is 2.21. The quantitative estimate of drug-likeness (QED) is 0.309. The van der Waals surface area contributed by atoms with E-state index in [9.17, 15) is 17.6 Å². The zero-order valence-electron chi connectivity index (χ0n) is 15.3. The van der Waals surface area contributed by atoms with Crippen LogP contribution in [-0.4, -0.2) is 5.71 Å². The largest absolute Gasteiger partial charge is 0.487 e. The Morgan fingerprint density at radius 3 is 2.29 bits per heavy atom. The summed E-state index contributed by atoms with van der Waals surface area (Å²) >= 11 is 5.80. The van der Waals surface area contributed by atoms with Crippen molar-refractivity contribution >= 4 is 17.3 Å². The van der Waals surface area contributed by atoms with E-state index in [4.69, 9.17) is 27.9 Å². The van der Waals surface area contributed by atoms with Gasteiger partial charge in [0, 0.05) is 5.56 Å². The minimum absolute atomic E-state index is 0.0692. The zero-order valence-corrected chi connectivity index (χ0v) is 16.0. The Hall–Kier alpha value is -2.74. The number of hydrogen-bond donors (Lipinski definition) is 2. The van der Waals surface area contributed by atoms with Crippen molar-refractivity contribution in [2.24, 2.45) is 16.7 Å². The van der Waals surface area contributed by atoms with Gasteiger partial charge in [0.25, 0.3) is 0 Å². The number of halogens is 5. The van der Waals surface area contributed by atoms with Crippen LogP contribution in [0.25, 0.3) is 0 Å². The third-order valence-corrected chi connectivity index (χ3v) is 3.52. The van der Waals surface area contributed by atoms with Gasteiger partial charge in [0.05, 0.1) is 16.3 Å². The normalized spacial score (nSPS) is 11.5. The van der Waals surface area contributed by atoms with Crippen molar-refractivity contribution in [2.45, 2.75) is 26.6 Å². The van der Waals surface area contributed by atoms with Crippen LogP contribution in [0.4, 0.5) is 17.6 Å². The molecule has 4 nitrogen and oxygen atoms in total. The van der Waals surface area contributed by atoms with E-state index in [0.29, 0.717) is 22.5 Å². The van der Waals surface area contributed by atoms with Crippen LogP contribution in [0, 0.1) is 5.82 Å². The predicted octanol–water partition coefficient (Wildman–Crippen LogP) is 5.24. The van der Waals surface area contributed by atoms with Crippen molar-refractivity contribution in [1.29, 1.82) is 0 Å². The first-order chi connectivity index (χ1) is 12.9. The van der Waals surface area contributed by atoms with E-state index in [2.05, 4.69) is 11.7 Å². The topological polar surface area (TPSA) is 73.6 Å². The van der Waals surface area contributed by atoms with Crippen molar-refractivity contribution < 1.29 is 22.3 Å². The molecule has 0 unspecified atom stereocenters. The first-order valence-electron chi connectivity index (χ1n) is 7.89. The van der Waals surface area contributed by atoms with E-state index in [1.165, 1.54) is 12.1 Å². The maximum Gasteiger partial charge on any atom is 0.416 e. The highest BCUT2D eigenvalue weighted by Crippen LogP contribution is 2.35. The zero-order chi connectivity index (χ0) is 21.5. The minimum Gasteiger partial charge on any atom is -0.487 e. The smallest absolute Gasteiger partial charge is 0.416 e. The number of benzene rings is 2. The first kappa shape index (κ1) is 23.3. The molecule has 0 aromatic heterocycles. The van der Waals surface area contributed by atoms with Gasteiger partial charge >= 0.3 is 6.18 Å². The molecule has 0 saturated carbocycles. The number of nitrogens with zero attached hydrogens (tertiary/aromatic N) is 1. The summed E-state index contributed by atoms with van der Waals surface area (Å²) in [5.41, 5.74) is 6.09. The summed E-state index contributed by atoms with van der Waals surface area (Å²) in [5.74, 6) is 4.73. The maximum atomic E-state index is 13.6. The highest BCUT2D eigenvalue weighted by molar-refractivity contribution is 6.32. The first-order valence-corrected chi connectivity index (χ1v) is 8.26. The molecule has 0 heterocycles. The number of hydrazone groups is 1. The maximum absolute atomic E-state index is 13.6. The van der Waals surface area contributed by atoms with Gasteiger partial charge in [-0.1, -0.05) is 18.2 Å². The Kier molecular flexibility index (Phi) is 8.31. The van der Waals surface area contributed by atoms with Gasteiger partial charge in [-0.25, -0.2) is 4.39 Å². The summed E-state index contributed by atoms with van der Waals surface area (Å²) in [6.45, 7) is 6.62. The van der Waals surface area contributed by atoms with Crippen LogP contribution >= 0.6 is 11.6 Å². The second-order valence-electron chi connectivity index (χ2n) is 5.84. The monoisotopic (exact) mass is 417 g/mol. The molecule has 0 bridgehead atoms.